The van der Waals surface area contributed by atoms with Crippen LogP contribution < -0.4 is 10.2 Å². The van der Waals surface area contributed by atoms with Crippen LogP contribution in [-0.4, -0.2) is 41.1 Å². The fourth-order valence-corrected chi connectivity index (χ4v) is 2.95. The number of rotatable bonds is 4. The van der Waals surface area contributed by atoms with Crippen LogP contribution in [0.2, 0.25) is 0 Å². The van der Waals surface area contributed by atoms with Crippen LogP contribution >= 0.6 is 0 Å². The molecule has 2 heterocycles. The summed E-state index contributed by atoms with van der Waals surface area (Å²) < 4.78 is 7.85. The first-order valence-electron chi connectivity index (χ1n) is 7.54. The monoisotopic (exact) mass is 280 g/mol. The van der Waals surface area contributed by atoms with Gasteiger partial charge in [-0.2, -0.15) is 5.10 Å². The lowest BCUT2D eigenvalue weighted by Crippen LogP contribution is -2.46. The van der Waals surface area contributed by atoms with Crippen LogP contribution in [0.3, 0.4) is 0 Å². The summed E-state index contributed by atoms with van der Waals surface area (Å²) in [4.78, 5) is 2.41. The molecular weight excluding hydrogens is 252 g/mol. The molecule has 5 heteroatoms. The van der Waals surface area contributed by atoms with Crippen LogP contribution in [0.4, 0.5) is 5.82 Å². The van der Waals surface area contributed by atoms with E-state index in [-0.39, 0.29) is 12.2 Å². The normalized spacial score (nSPS) is 23.6. The molecule has 1 aromatic heterocycles. The summed E-state index contributed by atoms with van der Waals surface area (Å²) in [7, 11) is 2.03. The van der Waals surface area contributed by atoms with Gasteiger partial charge in [-0.1, -0.05) is 13.8 Å². The van der Waals surface area contributed by atoms with Crippen molar-refractivity contribution in [2.45, 2.75) is 59.4 Å². The first kappa shape index (κ1) is 15.3. The van der Waals surface area contributed by atoms with Crippen LogP contribution in [0.25, 0.3) is 0 Å². The summed E-state index contributed by atoms with van der Waals surface area (Å²) in [6.07, 6.45) is 0.528. The summed E-state index contributed by atoms with van der Waals surface area (Å²) in [6, 6.07) is 0.477. The van der Waals surface area contributed by atoms with E-state index in [1.807, 2.05) is 11.7 Å². The number of aryl methyl sites for hydroxylation is 2. The van der Waals surface area contributed by atoms with Gasteiger partial charge in [0.05, 0.1) is 17.9 Å². The van der Waals surface area contributed by atoms with E-state index in [1.54, 1.807) is 0 Å². The molecule has 0 bridgehead atoms. The minimum absolute atomic E-state index is 0.264. The molecule has 0 aromatic carbocycles. The zero-order chi connectivity index (χ0) is 14.9. The number of nitrogens with zero attached hydrogens (tertiary/aromatic N) is 3. The molecule has 0 saturated carbocycles. The van der Waals surface area contributed by atoms with Gasteiger partial charge in [-0.05, 0) is 20.8 Å². The molecular formula is C15H28N4O. The minimum Gasteiger partial charge on any atom is -0.372 e. The van der Waals surface area contributed by atoms with Gasteiger partial charge in [0.1, 0.15) is 5.82 Å². The van der Waals surface area contributed by atoms with Gasteiger partial charge in [0, 0.05) is 38.3 Å². The molecule has 114 valence electrons. The van der Waals surface area contributed by atoms with E-state index < -0.39 is 0 Å². The maximum absolute atomic E-state index is 5.84. The molecule has 0 aliphatic carbocycles. The molecule has 1 saturated heterocycles. The number of nitrogens with one attached hydrogen (secondary N) is 1. The van der Waals surface area contributed by atoms with Crippen LogP contribution in [-0.2, 0) is 18.3 Å². The van der Waals surface area contributed by atoms with Crippen molar-refractivity contribution in [1.82, 2.24) is 15.1 Å². The minimum atomic E-state index is 0.264. The van der Waals surface area contributed by atoms with Crippen molar-refractivity contribution in [1.29, 1.82) is 0 Å². The van der Waals surface area contributed by atoms with Gasteiger partial charge in [0.25, 0.3) is 0 Å². The topological polar surface area (TPSA) is 42.3 Å². The average molecular weight is 280 g/mol. The fourth-order valence-electron chi connectivity index (χ4n) is 2.95. The lowest BCUT2D eigenvalue weighted by molar-refractivity contribution is -0.00570. The Morgan fingerprint density at radius 3 is 2.45 bits per heavy atom. The smallest absolute Gasteiger partial charge is 0.131 e. The van der Waals surface area contributed by atoms with E-state index in [0.29, 0.717) is 6.04 Å². The van der Waals surface area contributed by atoms with Gasteiger partial charge in [-0.25, -0.2) is 0 Å². The Morgan fingerprint density at radius 1 is 1.30 bits per heavy atom. The highest BCUT2D eigenvalue weighted by Crippen LogP contribution is 2.26. The second-order valence-corrected chi connectivity index (χ2v) is 6.21. The molecule has 1 N–H and O–H groups in total. The van der Waals surface area contributed by atoms with Crippen LogP contribution in [0.1, 0.15) is 39.0 Å². The molecule has 1 fully saturated rings. The van der Waals surface area contributed by atoms with Crippen LogP contribution in [0.5, 0.6) is 0 Å². The Balaban J connectivity index is 2.25. The van der Waals surface area contributed by atoms with Gasteiger partial charge in [-0.15, -0.1) is 0 Å². The second-order valence-electron chi connectivity index (χ2n) is 6.21. The molecule has 1 aliphatic heterocycles. The molecule has 0 spiro atoms. The third-order valence-corrected chi connectivity index (χ3v) is 3.72. The Kier molecular flexibility index (Phi) is 4.70. The van der Waals surface area contributed by atoms with E-state index in [1.165, 1.54) is 11.4 Å². The molecule has 0 unspecified atom stereocenters. The van der Waals surface area contributed by atoms with Crippen molar-refractivity contribution in [2.24, 2.45) is 7.05 Å². The predicted molar refractivity (Wildman–Crippen MR) is 82.1 cm³/mol. The second kappa shape index (κ2) is 6.14. The molecule has 5 nitrogen and oxygen atoms in total. The first-order valence-corrected chi connectivity index (χ1v) is 7.54. The number of hydrogen-bond acceptors (Lipinski definition) is 4. The standard InChI is InChI=1S/C15H28N4O/c1-10(2)16-7-14-13(5)17-18(6)15(14)19-8-11(3)20-12(4)9-19/h10-12,16H,7-9H2,1-6H3/t11-,12+. The lowest BCUT2D eigenvalue weighted by atomic mass is 10.1. The summed E-state index contributed by atoms with van der Waals surface area (Å²) in [5, 5.41) is 8.12. The summed E-state index contributed by atoms with van der Waals surface area (Å²) in [5.74, 6) is 1.23. The highest BCUT2D eigenvalue weighted by Gasteiger charge is 2.27. The van der Waals surface area contributed by atoms with Gasteiger partial charge in [0.2, 0.25) is 0 Å². The molecule has 0 amide bonds. The third kappa shape index (κ3) is 3.33. The number of ether oxygens (including phenoxy) is 1. The van der Waals surface area contributed by atoms with Gasteiger partial charge >= 0.3 is 0 Å². The zero-order valence-corrected chi connectivity index (χ0v) is 13.6. The Labute approximate surface area is 122 Å². The number of anilines is 1. The Morgan fingerprint density at radius 2 is 1.90 bits per heavy atom. The van der Waals surface area contributed by atoms with Gasteiger partial charge < -0.3 is 15.0 Å². The highest BCUT2D eigenvalue weighted by molar-refractivity contribution is 5.50. The molecule has 2 atom stereocenters. The predicted octanol–water partition coefficient (Wildman–Crippen LogP) is 1.84. The first-order chi connectivity index (χ1) is 9.38. The fraction of sp³-hybridized carbons (Fsp3) is 0.800. The highest BCUT2D eigenvalue weighted by atomic mass is 16.5. The van der Waals surface area contributed by atoms with E-state index in [4.69, 9.17) is 4.74 Å². The average Bonchev–Trinajstić information content (AvgIpc) is 2.59. The van der Waals surface area contributed by atoms with Gasteiger partial charge in [0.15, 0.2) is 0 Å². The van der Waals surface area contributed by atoms with Crippen molar-refractivity contribution in [2.75, 3.05) is 18.0 Å². The van der Waals surface area contributed by atoms with Crippen molar-refractivity contribution in [3.8, 4) is 0 Å². The molecule has 0 radical (unpaired) electrons. The SMILES string of the molecule is Cc1nn(C)c(N2C[C@@H](C)O[C@@H](C)C2)c1CNC(C)C. The Bertz CT molecular complexity index is 445. The van der Waals surface area contributed by atoms with Crippen molar-refractivity contribution < 1.29 is 4.74 Å². The molecule has 2 rings (SSSR count). The number of aromatic nitrogens is 2. The van der Waals surface area contributed by atoms with Crippen molar-refractivity contribution in [3.63, 3.8) is 0 Å². The Hall–Kier alpha value is -1.07. The molecule has 20 heavy (non-hydrogen) atoms. The van der Waals surface area contributed by atoms with Crippen molar-refractivity contribution in [3.05, 3.63) is 11.3 Å². The number of hydrogen-bond donors (Lipinski definition) is 1. The lowest BCUT2D eigenvalue weighted by Gasteiger charge is -2.37. The third-order valence-electron chi connectivity index (χ3n) is 3.72. The molecule has 1 aromatic rings. The quantitative estimate of drug-likeness (QED) is 0.914. The summed E-state index contributed by atoms with van der Waals surface area (Å²) in [5.41, 5.74) is 2.42. The van der Waals surface area contributed by atoms with E-state index in [2.05, 4.69) is 49.9 Å². The maximum atomic E-state index is 5.84. The maximum Gasteiger partial charge on any atom is 0.131 e. The summed E-state index contributed by atoms with van der Waals surface area (Å²) >= 11 is 0. The van der Waals surface area contributed by atoms with Gasteiger partial charge in [-0.3, -0.25) is 4.68 Å². The van der Waals surface area contributed by atoms with E-state index in [0.717, 1.165) is 25.3 Å². The zero-order valence-electron chi connectivity index (χ0n) is 13.6. The van der Waals surface area contributed by atoms with E-state index >= 15 is 0 Å². The largest absolute Gasteiger partial charge is 0.372 e. The molecule has 1 aliphatic rings. The van der Waals surface area contributed by atoms with Crippen LogP contribution in [0.15, 0.2) is 0 Å². The summed E-state index contributed by atoms with van der Waals surface area (Å²) in [6.45, 7) is 13.4. The number of morpholine rings is 1. The van der Waals surface area contributed by atoms with E-state index in [9.17, 15) is 0 Å². The van der Waals surface area contributed by atoms with Crippen LogP contribution in [0, 0.1) is 6.92 Å². The van der Waals surface area contributed by atoms with Crippen molar-refractivity contribution >= 4 is 5.82 Å².